The van der Waals surface area contributed by atoms with Crippen LogP contribution < -0.4 is 0 Å². The van der Waals surface area contributed by atoms with Crippen LogP contribution in [0.15, 0.2) is 42.5 Å². The zero-order chi connectivity index (χ0) is 34.6. The maximum atomic E-state index is 13.7. The highest BCUT2D eigenvalue weighted by Gasteiger charge is 2.40. The summed E-state index contributed by atoms with van der Waals surface area (Å²) in [4.78, 5) is 19.3. The highest BCUT2D eigenvalue weighted by atomic mass is 19.4. The van der Waals surface area contributed by atoms with Crippen LogP contribution in [-0.2, 0) is 34.4 Å². The second-order valence-electron chi connectivity index (χ2n) is 12.0. The van der Waals surface area contributed by atoms with Crippen LogP contribution in [0.3, 0.4) is 0 Å². The van der Waals surface area contributed by atoms with E-state index in [1.807, 2.05) is 4.90 Å². The first-order valence-electron chi connectivity index (χ1n) is 15.2. The molecule has 0 spiro atoms. The van der Waals surface area contributed by atoms with Crippen molar-refractivity contribution >= 4 is 5.91 Å². The van der Waals surface area contributed by atoms with E-state index in [1.54, 1.807) is 14.2 Å². The van der Waals surface area contributed by atoms with Crippen molar-refractivity contribution in [1.82, 2.24) is 14.7 Å². The molecule has 1 amide bonds. The van der Waals surface area contributed by atoms with Gasteiger partial charge in [0.25, 0.3) is 5.91 Å². The zero-order valence-corrected chi connectivity index (χ0v) is 26.0. The average Bonchev–Trinajstić information content (AvgIpc) is 2.99. The first-order chi connectivity index (χ1) is 22.0. The maximum Gasteiger partial charge on any atom is 0.416 e. The Kier molecular flexibility index (Phi) is 11.9. The molecule has 0 saturated carbocycles. The van der Waals surface area contributed by atoms with Gasteiger partial charge in [-0.25, -0.2) is 0 Å². The second-order valence-corrected chi connectivity index (χ2v) is 12.0. The molecule has 3 atom stereocenters. The van der Waals surface area contributed by atoms with Crippen LogP contribution in [0, 0.1) is 0 Å². The number of carbonyl (C=O) groups is 1. The number of hydrogen-bond acceptors (Lipinski definition) is 5. The number of rotatable bonds is 10. The van der Waals surface area contributed by atoms with Crippen LogP contribution >= 0.6 is 0 Å². The quantitative estimate of drug-likeness (QED) is 0.264. The Morgan fingerprint density at radius 1 is 0.723 bits per heavy atom. The topological polar surface area (TPSA) is 45.3 Å². The molecule has 0 bridgehead atoms. The summed E-state index contributed by atoms with van der Waals surface area (Å²) in [6.45, 7) is 2.68. The summed E-state index contributed by atoms with van der Waals surface area (Å²) in [5.41, 5.74) is -4.42. The van der Waals surface area contributed by atoms with Crippen molar-refractivity contribution < 1.29 is 53.8 Å². The molecule has 0 radical (unpaired) electrons. The molecule has 4 rings (SSSR count). The Hall–Kier alpha value is -2.88. The van der Waals surface area contributed by atoms with Crippen molar-refractivity contribution in [2.75, 3.05) is 60.2 Å². The molecule has 2 saturated heterocycles. The van der Waals surface area contributed by atoms with Gasteiger partial charge < -0.3 is 14.4 Å². The van der Waals surface area contributed by atoms with E-state index >= 15 is 0 Å². The number of alkyl halides is 9. The van der Waals surface area contributed by atoms with E-state index in [0.717, 1.165) is 31.4 Å². The molecule has 2 fully saturated rings. The van der Waals surface area contributed by atoms with Gasteiger partial charge in [0, 0.05) is 70.6 Å². The smallest absolute Gasteiger partial charge is 0.383 e. The van der Waals surface area contributed by atoms with Crippen LogP contribution in [0.5, 0.6) is 0 Å². The van der Waals surface area contributed by atoms with Gasteiger partial charge >= 0.3 is 18.5 Å². The molecule has 262 valence electrons. The predicted octanol–water partition coefficient (Wildman–Crippen LogP) is 6.63. The normalized spacial score (nSPS) is 22.1. The van der Waals surface area contributed by atoms with E-state index in [1.165, 1.54) is 17.0 Å². The van der Waals surface area contributed by atoms with E-state index in [4.69, 9.17) is 9.47 Å². The standard InChI is InChI=1S/C32H38F9N3O3/c1-46-19-26-4-3-5-27(20-47-2)43(26)12-10-42-11-13-44(28(18-42)14-21-6-8-23(9-7-21)30(33,34)35)29(45)22-15-24(31(36,37)38)17-25(16-22)32(39,40)41/h6-9,15-17,26-28H,3-5,10-14,18-20H2,1-2H3. The van der Waals surface area contributed by atoms with Gasteiger partial charge in [-0.15, -0.1) is 0 Å². The second kappa shape index (κ2) is 15.1. The lowest BCUT2D eigenvalue weighted by molar-refractivity contribution is -0.143. The van der Waals surface area contributed by atoms with E-state index in [0.29, 0.717) is 44.0 Å². The number of piperidine rings is 1. The van der Waals surface area contributed by atoms with Crippen molar-refractivity contribution in [2.24, 2.45) is 0 Å². The molecule has 2 aliphatic heterocycles. The molecule has 2 aromatic rings. The van der Waals surface area contributed by atoms with Crippen LogP contribution in [0.1, 0.15) is 51.9 Å². The molecule has 47 heavy (non-hydrogen) atoms. The summed E-state index contributed by atoms with van der Waals surface area (Å²) in [6, 6.07) is 4.64. The first-order valence-corrected chi connectivity index (χ1v) is 15.2. The predicted molar refractivity (Wildman–Crippen MR) is 155 cm³/mol. The Bertz CT molecular complexity index is 1280. The molecule has 2 aromatic carbocycles. The monoisotopic (exact) mass is 683 g/mol. The number of carbonyl (C=O) groups excluding carboxylic acids is 1. The summed E-state index contributed by atoms with van der Waals surface area (Å²) in [7, 11) is 3.25. The Balaban J connectivity index is 1.60. The van der Waals surface area contributed by atoms with Gasteiger partial charge in [-0.05, 0) is 55.2 Å². The fourth-order valence-electron chi connectivity index (χ4n) is 6.49. The van der Waals surface area contributed by atoms with Crippen LogP contribution in [0.25, 0.3) is 0 Å². The van der Waals surface area contributed by atoms with Gasteiger partial charge in [-0.1, -0.05) is 18.6 Å². The number of piperazine rings is 1. The SMILES string of the molecule is COCC1CCCC(COC)N1CCN1CCN(C(=O)c2cc(C(F)(F)F)cc(C(F)(F)F)c2)C(Cc2ccc(C(F)(F)F)cc2)C1. The molecule has 0 aliphatic carbocycles. The third kappa shape index (κ3) is 9.61. The number of methoxy groups -OCH3 is 2. The van der Waals surface area contributed by atoms with Gasteiger partial charge in [0.05, 0.1) is 29.9 Å². The highest BCUT2D eigenvalue weighted by molar-refractivity contribution is 5.95. The largest absolute Gasteiger partial charge is 0.416 e. The number of benzene rings is 2. The van der Waals surface area contributed by atoms with Gasteiger partial charge in [0.15, 0.2) is 0 Å². The van der Waals surface area contributed by atoms with E-state index in [2.05, 4.69) is 4.90 Å². The number of ether oxygens (including phenoxy) is 2. The van der Waals surface area contributed by atoms with E-state index < -0.39 is 52.7 Å². The summed E-state index contributed by atoms with van der Waals surface area (Å²) >= 11 is 0. The third-order valence-electron chi connectivity index (χ3n) is 8.82. The molecule has 6 nitrogen and oxygen atoms in total. The Morgan fingerprint density at radius 3 is 1.74 bits per heavy atom. The van der Waals surface area contributed by atoms with Crippen molar-refractivity contribution in [1.29, 1.82) is 0 Å². The van der Waals surface area contributed by atoms with Gasteiger partial charge in [0.2, 0.25) is 0 Å². The Morgan fingerprint density at radius 2 is 1.26 bits per heavy atom. The average molecular weight is 684 g/mol. The highest BCUT2D eigenvalue weighted by Crippen LogP contribution is 2.37. The molecule has 2 heterocycles. The first kappa shape index (κ1) is 36.9. The van der Waals surface area contributed by atoms with Gasteiger partial charge in [-0.2, -0.15) is 39.5 Å². The number of likely N-dealkylation sites (tertiary alicyclic amines) is 1. The van der Waals surface area contributed by atoms with E-state index in [9.17, 15) is 44.3 Å². The van der Waals surface area contributed by atoms with Crippen molar-refractivity contribution in [2.45, 2.75) is 62.3 Å². The molecular formula is C32H38F9N3O3. The fraction of sp³-hybridized carbons (Fsp3) is 0.594. The Labute approximate surface area is 267 Å². The molecule has 15 heteroatoms. The minimum Gasteiger partial charge on any atom is -0.383 e. The minimum absolute atomic E-state index is 0.00920. The lowest BCUT2D eigenvalue weighted by Gasteiger charge is -2.45. The number of halogens is 9. The maximum absolute atomic E-state index is 13.7. The third-order valence-corrected chi connectivity index (χ3v) is 8.82. The minimum atomic E-state index is -5.13. The fourth-order valence-corrected chi connectivity index (χ4v) is 6.49. The van der Waals surface area contributed by atoms with Crippen molar-refractivity contribution in [3.63, 3.8) is 0 Å². The van der Waals surface area contributed by atoms with Crippen molar-refractivity contribution in [3.8, 4) is 0 Å². The zero-order valence-electron chi connectivity index (χ0n) is 26.0. The number of hydrogen-bond donors (Lipinski definition) is 0. The lowest BCUT2D eigenvalue weighted by Crippen LogP contribution is -2.58. The summed E-state index contributed by atoms with van der Waals surface area (Å²) < 4.78 is 132. The molecule has 0 aromatic heterocycles. The van der Waals surface area contributed by atoms with E-state index in [-0.39, 0.29) is 44.2 Å². The van der Waals surface area contributed by atoms with Crippen LogP contribution in [0.2, 0.25) is 0 Å². The summed E-state index contributed by atoms with van der Waals surface area (Å²) in [5, 5.41) is 0. The molecule has 0 N–H and O–H groups in total. The molecule has 2 aliphatic rings. The number of nitrogens with zero attached hydrogens (tertiary/aromatic N) is 3. The molecule has 3 unspecified atom stereocenters. The van der Waals surface area contributed by atoms with Gasteiger partial charge in [-0.3, -0.25) is 14.6 Å². The molecular weight excluding hydrogens is 645 g/mol. The summed E-state index contributed by atoms with van der Waals surface area (Å²) in [5.74, 6) is -1.02. The van der Waals surface area contributed by atoms with Crippen LogP contribution in [-0.4, -0.2) is 98.9 Å². The summed E-state index contributed by atoms with van der Waals surface area (Å²) in [6.07, 6.45) is -11.9. The van der Waals surface area contributed by atoms with Gasteiger partial charge in [0.1, 0.15) is 0 Å². The number of amides is 1. The van der Waals surface area contributed by atoms with Crippen LogP contribution in [0.4, 0.5) is 39.5 Å². The van der Waals surface area contributed by atoms with Crippen molar-refractivity contribution in [3.05, 3.63) is 70.3 Å². The lowest BCUT2D eigenvalue weighted by atomic mass is 9.96.